The number of sulfonamides is 1. The molecule has 4 aromatic rings. The van der Waals surface area contributed by atoms with Crippen LogP contribution in [0.3, 0.4) is 0 Å². The smallest absolute Gasteiger partial charge is 0.264 e. The van der Waals surface area contributed by atoms with Crippen LogP contribution in [0.2, 0.25) is 0 Å². The molecule has 0 bridgehead atoms. The fraction of sp³-hybridized carbons (Fsp3) is 0.297. The SMILES string of the molecule is CC[C@H](C)NC(=O)[C@@H](Cc1ccccc1)N(Cc1cccc(Br)c1)C(=O)CN(c1ccc(C(C)C)cc1)S(=O)(=O)c1ccccc1. The summed E-state index contributed by atoms with van der Waals surface area (Å²) < 4.78 is 30.3. The van der Waals surface area contributed by atoms with Gasteiger partial charge in [-0.15, -0.1) is 0 Å². The molecule has 4 rings (SSSR count). The number of carbonyl (C=O) groups is 2. The van der Waals surface area contributed by atoms with Crippen LogP contribution < -0.4 is 9.62 Å². The Hall–Kier alpha value is -3.95. The first-order valence-electron chi connectivity index (χ1n) is 15.6. The molecule has 0 saturated carbocycles. The number of rotatable bonds is 14. The van der Waals surface area contributed by atoms with E-state index in [-0.39, 0.29) is 35.7 Å². The second kappa shape index (κ2) is 16.1. The minimum Gasteiger partial charge on any atom is -0.352 e. The first kappa shape index (κ1) is 34.9. The Bertz CT molecular complexity index is 1700. The molecule has 0 aromatic heterocycles. The molecule has 0 unspecified atom stereocenters. The second-order valence-corrected chi connectivity index (χ2v) is 14.5. The maximum Gasteiger partial charge on any atom is 0.264 e. The summed E-state index contributed by atoms with van der Waals surface area (Å²) in [5, 5.41) is 3.07. The van der Waals surface area contributed by atoms with E-state index >= 15 is 0 Å². The number of benzene rings is 4. The first-order valence-corrected chi connectivity index (χ1v) is 17.8. The van der Waals surface area contributed by atoms with Gasteiger partial charge in [-0.1, -0.05) is 109 Å². The number of anilines is 1. The van der Waals surface area contributed by atoms with Crippen molar-refractivity contribution in [2.24, 2.45) is 0 Å². The third-order valence-electron chi connectivity index (χ3n) is 7.97. The predicted octanol–water partition coefficient (Wildman–Crippen LogP) is 7.32. The van der Waals surface area contributed by atoms with Crippen molar-refractivity contribution in [1.82, 2.24) is 10.2 Å². The van der Waals surface area contributed by atoms with Crippen molar-refractivity contribution >= 4 is 43.5 Å². The summed E-state index contributed by atoms with van der Waals surface area (Å²) in [7, 11) is -4.15. The van der Waals surface area contributed by atoms with Crippen molar-refractivity contribution in [2.45, 2.75) is 70.0 Å². The van der Waals surface area contributed by atoms with Crippen LogP contribution in [0.25, 0.3) is 0 Å². The Kier molecular flexibility index (Phi) is 12.2. The molecule has 0 aliphatic carbocycles. The van der Waals surface area contributed by atoms with Gasteiger partial charge in [-0.05, 0) is 72.4 Å². The van der Waals surface area contributed by atoms with Gasteiger partial charge in [0, 0.05) is 23.5 Å². The van der Waals surface area contributed by atoms with E-state index in [9.17, 15) is 18.0 Å². The fourth-order valence-electron chi connectivity index (χ4n) is 5.10. The lowest BCUT2D eigenvalue weighted by molar-refractivity contribution is -0.140. The van der Waals surface area contributed by atoms with Crippen LogP contribution in [0.5, 0.6) is 0 Å². The number of nitrogens with zero attached hydrogens (tertiary/aromatic N) is 2. The quantitative estimate of drug-likeness (QED) is 0.149. The molecule has 242 valence electrons. The Balaban J connectivity index is 1.81. The maximum atomic E-state index is 14.6. The van der Waals surface area contributed by atoms with E-state index in [4.69, 9.17) is 0 Å². The molecule has 7 nitrogen and oxygen atoms in total. The number of nitrogens with one attached hydrogen (secondary N) is 1. The zero-order valence-electron chi connectivity index (χ0n) is 26.8. The van der Waals surface area contributed by atoms with E-state index in [0.29, 0.717) is 5.69 Å². The van der Waals surface area contributed by atoms with Gasteiger partial charge in [-0.25, -0.2) is 8.42 Å². The van der Waals surface area contributed by atoms with Crippen LogP contribution in [-0.4, -0.2) is 43.8 Å². The van der Waals surface area contributed by atoms with Crippen molar-refractivity contribution < 1.29 is 18.0 Å². The van der Waals surface area contributed by atoms with Gasteiger partial charge in [-0.2, -0.15) is 0 Å². The van der Waals surface area contributed by atoms with Gasteiger partial charge < -0.3 is 10.2 Å². The third kappa shape index (κ3) is 9.07. The topological polar surface area (TPSA) is 86.8 Å². The van der Waals surface area contributed by atoms with Gasteiger partial charge in [-0.3, -0.25) is 13.9 Å². The third-order valence-corrected chi connectivity index (χ3v) is 10.3. The number of carbonyl (C=O) groups excluding carboxylic acids is 2. The van der Waals surface area contributed by atoms with Gasteiger partial charge in [0.05, 0.1) is 10.6 Å². The molecule has 46 heavy (non-hydrogen) atoms. The molecule has 9 heteroatoms. The minimum absolute atomic E-state index is 0.0737. The molecular formula is C37H42BrN3O4S. The van der Waals surface area contributed by atoms with Gasteiger partial charge in [0.25, 0.3) is 10.0 Å². The molecule has 1 N–H and O–H groups in total. The number of hydrogen-bond acceptors (Lipinski definition) is 4. The van der Waals surface area contributed by atoms with Crippen LogP contribution in [0.15, 0.2) is 119 Å². The summed E-state index contributed by atoms with van der Waals surface area (Å²) in [6.45, 7) is 7.65. The highest BCUT2D eigenvalue weighted by molar-refractivity contribution is 9.10. The summed E-state index contributed by atoms with van der Waals surface area (Å²) in [5.74, 6) is -0.536. The zero-order valence-corrected chi connectivity index (χ0v) is 29.2. The highest BCUT2D eigenvalue weighted by Gasteiger charge is 2.35. The normalized spacial score (nSPS) is 12.7. The van der Waals surface area contributed by atoms with E-state index in [1.54, 1.807) is 30.3 Å². The standard InChI is InChI=1S/C37H42BrN3O4S/c1-5-28(4)39-37(43)35(24-29-13-8-6-9-14-29)40(25-30-15-12-16-32(38)23-30)36(42)26-41(33-21-19-31(20-22-33)27(2)3)46(44,45)34-17-10-7-11-18-34/h6-23,27-28,35H,5,24-26H2,1-4H3,(H,39,43)/t28-,35+/m0/s1. The van der Waals surface area contributed by atoms with E-state index < -0.39 is 28.5 Å². The largest absolute Gasteiger partial charge is 0.352 e. The van der Waals surface area contributed by atoms with Crippen LogP contribution in [0.1, 0.15) is 56.7 Å². The summed E-state index contributed by atoms with van der Waals surface area (Å²) in [6.07, 6.45) is 0.982. The summed E-state index contributed by atoms with van der Waals surface area (Å²) >= 11 is 3.52. The molecule has 0 spiro atoms. The number of halogens is 1. The van der Waals surface area contributed by atoms with Crippen LogP contribution in [-0.2, 0) is 32.6 Å². The molecule has 0 heterocycles. The maximum absolute atomic E-state index is 14.6. The van der Waals surface area contributed by atoms with Gasteiger partial charge in [0.2, 0.25) is 11.8 Å². The lowest BCUT2D eigenvalue weighted by atomic mass is 10.0. The Morgan fingerprint density at radius 2 is 1.41 bits per heavy atom. The number of hydrogen-bond donors (Lipinski definition) is 1. The molecule has 0 aliphatic rings. The van der Waals surface area contributed by atoms with Crippen molar-refractivity contribution in [1.29, 1.82) is 0 Å². The Morgan fingerprint density at radius 3 is 2.00 bits per heavy atom. The Labute approximate surface area is 281 Å². The highest BCUT2D eigenvalue weighted by Crippen LogP contribution is 2.27. The predicted molar refractivity (Wildman–Crippen MR) is 188 cm³/mol. The van der Waals surface area contributed by atoms with Gasteiger partial charge >= 0.3 is 0 Å². The van der Waals surface area contributed by atoms with Crippen molar-refractivity contribution in [3.8, 4) is 0 Å². The van der Waals surface area contributed by atoms with E-state index in [0.717, 1.165) is 31.9 Å². The molecule has 4 aromatic carbocycles. The molecular weight excluding hydrogens is 662 g/mol. The van der Waals surface area contributed by atoms with E-state index in [1.165, 1.54) is 17.0 Å². The summed E-state index contributed by atoms with van der Waals surface area (Å²) in [4.78, 5) is 30.1. The molecule has 0 radical (unpaired) electrons. The highest BCUT2D eigenvalue weighted by atomic mass is 79.9. The monoisotopic (exact) mass is 703 g/mol. The zero-order chi connectivity index (χ0) is 33.3. The lowest BCUT2D eigenvalue weighted by Gasteiger charge is -2.34. The minimum atomic E-state index is -4.15. The Morgan fingerprint density at radius 1 is 0.804 bits per heavy atom. The second-order valence-electron chi connectivity index (χ2n) is 11.7. The van der Waals surface area contributed by atoms with Crippen molar-refractivity contribution in [3.05, 3.63) is 130 Å². The molecule has 0 aliphatic heterocycles. The van der Waals surface area contributed by atoms with E-state index in [2.05, 4.69) is 35.1 Å². The number of amides is 2. The van der Waals surface area contributed by atoms with Crippen LogP contribution >= 0.6 is 15.9 Å². The van der Waals surface area contributed by atoms with Gasteiger partial charge in [0.1, 0.15) is 12.6 Å². The van der Waals surface area contributed by atoms with E-state index in [1.807, 2.05) is 80.6 Å². The molecule has 0 saturated heterocycles. The van der Waals surface area contributed by atoms with Crippen LogP contribution in [0, 0.1) is 0 Å². The van der Waals surface area contributed by atoms with Crippen molar-refractivity contribution in [3.63, 3.8) is 0 Å². The lowest BCUT2D eigenvalue weighted by Crippen LogP contribution is -2.54. The molecule has 2 amide bonds. The molecule has 0 fully saturated rings. The fourth-order valence-corrected chi connectivity index (χ4v) is 6.98. The summed E-state index contributed by atoms with van der Waals surface area (Å²) in [6, 6.07) is 31.4. The average Bonchev–Trinajstić information content (AvgIpc) is 3.05. The van der Waals surface area contributed by atoms with Crippen molar-refractivity contribution in [2.75, 3.05) is 10.8 Å². The van der Waals surface area contributed by atoms with Gasteiger partial charge in [0.15, 0.2) is 0 Å². The van der Waals surface area contributed by atoms with Crippen LogP contribution in [0.4, 0.5) is 5.69 Å². The first-order chi connectivity index (χ1) is 22.0. The average molecular weight is 705 g/mol. The molecule has 2 atom stereocenters. The summed E-state index contributed by atoms with van der Waals surface area (Å²) in [5.41, 5.74) is 3.11.